The minimum Gasteiger partial charge on any atom is -0.469 e. The summed E-state index contributed by atoms with van der Waals surface area (Å²) in [6.45, 7) is 0.662. The van der Waals surface area contributed by atoms with Gasteiger partial charge in [-0.05, 0) is 25.0 Å². The number of nitrogens with zero attached hydrogens (tertiary/aromatic N) is 1. The Morgan fingerprint density at radius 1 is 1.43 bits per heavy atom. The number of thiazole rings is 1. The molecule has 6 heteroatoms. The Labute approximate surface area is 140 Å². The van der Waals surface area contributed by atoms with Crippen molar-refractivity contribution >= 4 is 17.3 Å². The molecule has 0 aliphatic heterocycles. The minimum atomic E-state index is -0.0982. The molecule has 0 saturated heterocycles. The molecule has 1 aliphatic carbocycles. The van der Waals surface area contributed by atoms with Crippen molar-refractivity contribution < 1.29 is 13.9 Å². The third-order valence-electron chi connectivity index (χ3n) is 4.35. The molecular weight excluding hydrogens is 312 g/mol. The average Bonchev–Trinajstić information content (AvgIpc) is 3.20. The summed E-state index contributed by atoms with van der Waals surface area (Å²) in [6, 6.07) is 3.94. The Kier molecular flexibility index (Phi) is 5.46. The maximum Gasteiger partial charge on any atom is 0.310 e. The van der Waals surface area contributed by atoms with Gasteiger partial charge >= 0.3 is 5.97 Å². The first kappa shape index (κ1) is 16.2. The van der Waals surface area contributed by atoms with Gasteiger partial charge in [0, 0.05) is 18.0 Å². The SMILES string of the molecule is COC(=O)[C@H]1CCCCC[C@H]1NCc1csc(-c2ccco2)n1. The molecule has 124 valence electrons. The van der Waals surface area contributed by atoms with E-state index in [-0.39, 0.29) is 17.9 Å². The highest BCUT2D eigenvalue weighted by Crippen LogP contribution is 2.26. The fourth-order valence-electron chi connectivity index (χ4n) is 3.12. The highest BCUT2D eigenvalue weighted by Gasteiger charge is 2.30. The molecule has 2 atom stereocenters. The van der Waals surface area contributed by atoms with Gasteiger partial charge in [0.05, 0.1) is 25.0 Å². The summed E-state index contributed by atoms with van der Waals surface area (Å²) in [5.74, 6) is 0.646. The molecular formula is C17H22N2O3S. The third kappa shape index (κ3) is 4.00. The number of carbonyl (C=O) groups excluding carboxylic acids is 1. The molecule has 0 spiro atoms. The lowest BCUT2D eigenvalue weighted by atomic mass is 9.95. The number of ether oxygens (including phenoxy) is 1. The summed E-state index contributed by atoms with van der Waals surface area (Å²) in [5.41, 5.74) is 0.981. The molecule has 1 fully saturated rings. The molecule has 5 nitrogen and oxygen atoms in total. The van der Waals surface area contributed by atoms with Gasteiger partial charge in [0.1, 0.15) is 0 Å². The first-order chi connectivity index (χ1) is 11.3. The summed E-state index contributed by atoms with van der Waals surface area (Å²) in [5, 5.41) is 6.44. The van der Waals surface area contributed by atoms with E-state index in [4.69, 9.17) is 9.15 Å². The van der Waals surface area contributed by atoms with Gasteiger partial charge in [-0.15, -0.1) is 11.3 Å². The first-order valence-corrected chi connectivity index (χ1v) is 8.95. The number of hydrogen-bond acceptors (Lipinski definition) is 6. The van der Waals surface area contributed by atoms with Gasteiger partial charge in [-0.1, -0.05) is 19.3 Å². The van der Waals surface area contributed by atoms with Crippen LogP contribution in [0.2, 0.25) is 0 Å². The number of furan rings is 1. The van der Waals surface area contributed by atoms with Crippen LogP contribution in [0.25, 0.3) is 10.8 Å². The zero-order valence-corrected chi connectivity index (χ0v) is 14.1. The molecule has 1 aliphatic rings. The molecule has 0 radical (unpaired) electrons. The van der Waals surface area contributed by atoms with E-state index in [2.05, 4.69) is 10.3 Å². The Bertz CT molecular complexity index is 624. The Morgan fingerprint density at radius 3 is 3.09 bits per heavy atom. The van der Waals surface area contributed by atoms with E-state index in [1.807, 2.05) is 17.5 Å². The van der Waals surface area contributed by atoms with Crippen LogP contribution in [0.4, 0.5) is 0 Å². The smallest absolute Gasteiger partial charge is 0.310 e. The van der Waals surface area contributed by atoms with Crippen molar-refractivity contribution in [3.8, 4) is 10.8 Å². The van der Waals surface area contributed by atoms with E-state index in [1.165, 1.54) is 13.5 Å². The second-order valence-electron chi connectivity index (χ2n) is 5.88. The monoisotopic (exact) mass is 334 g/mol. The second kappa shape index (κ2) is 7.75. The summed E-state index contributed by atoms with van der Waals surface area (Å²) >= 11 is 1.57. The highest BCUT2D eigenvalue weighted by atomic mass is 32.1. The standard InChI is InChI=1S/C17H22N2O3S/c1-21-17(20)13-6-3-2-4-7-14(13)18-10-12-11-23-16(19-12)15-8-5-9-22-15/h5,8-9,11,13-14,18H,2-4,6-7,10H2,1H3/t13-,14+/m0/s1. The molecule has 0 aromatic carbocycles. The second-order valence-corrected chi connectivity index (χ2v) is 6.73. The van der Waals surface area contributed by atoms with Crippen molar-refractivity contribution in [1.82, 2.24) is 10.3 Å². The van der Waals surface area contributed by atoms with E-state index < -0.39 is 0 Å². The predicted molar refractivity (Wildman–Crippen MR) is 89.0 cm³/mol. The Hall–Kier alpha value is -1.66. The fraction of sp³-hybridized carbons (Fsp3) is 0.529. The lowest BCUT2D eigenvalue weighted by molar-refractivity contribution is -0.146. The summed E-state index contributed by atoms with van der Waals surface area (Å²) in [4.78, 5) is 16.6. The Morgan fingerprint density at radius 2 is 2.30 bits per heavy atom. The number of hydrogen-bond donors (Lipinski definition) is 1. The summed E-state index contributed by atoms with van der Waals surface area (Å²) < 4.78 is 10.3. The van der Waals surface area contributed by atoms with Crippen LogP contribution in [0.1, 0.15) is 37.8 Å². The van der Waals surface area contributed by atoms with Crippen LogP contribution in [0.5, 0.6) is 0 Å². The van der Waals surface area contributed by atoms with Crippen molar-refractivity contribution in [3.05, 3.63) is 29.5 Å². The van der Waals surface area contributed by atoms with Gasteiger partial charge in [-0.2, -0.15) is 0 Å². The van der Waals surface area contributed by atoms with E-state index in [0.29, 0.717) is 6.54 Å². The Balaban J connectivity index is 1.62. The number of methoxy groups -OCH3 is 1. The molecule has 2 heterocycles. The number of carbonyl (C=O) groups is 1. The molecule has 0 amide bonds. The van der Waals surface area contributed by atoms with Gasteiger partial charge in [-0.3, -0.25) is 4.79 Å². The maximum absolute atomic E-state index is 12.0. The molecule has 1 saturated carbocycles. The van der Waals surface area contributed by atoms with E-state index in [0.717, 1.165) is 42.1 Å². The predicted octanol–water partition coefficient (Wildman–Crippen LogP) is 3.61. The zero-order valence-electron chi connectivity index (χ0n) is 13.3. The normalized spacial score (nSPS) is 21.8. The molecule has 0 unspecified atom stereocenters. The largest absolute Gasteiger partial charge is 0.469 e. The molecule has 3 rings (SSSR count). The minimum absolute atomic E-state index is 0.0503. The van der Waals surface area contributed by atoms with Crippen LogP contribution in [0.15, 0.2) is 28.2 Å². The first-order valence-electron chi connectivity index (χ1n) is 8.07. The third-order valence-corrected chi connectivity index (χ3v) is 5.25. The molecule has 0 bridgehead atoms. The molecule has 1 N–H and O–H groups in total. The lowest BCUT2D eigenvalue weighted by Crippen LogP contribution is -2.39. The average molecular weight is 334 g/mol. The lowest BCUT2D eigenvalue weighted by Gasteiger charge is -2.23. The van der Waals surface area contributed by atoms with E-state index >= 15 is 0 Å². The summed E-state index contributed by atoms with van der Waals surface area (Å²) in [7, 11) is 1.47. The van der Waals surface area contributed by atoms with E-state index in [1.54, 1.807) is 17.6 Å². The van der Waals surface area contributed by atoms with Crippen molar-refractivity contribution in [1.29, 1.82) is 0 Å². The summed E-state index contributed by atoms with van der Waals surface area (Å²) in [6.07, 6.45) is 7.00. The van der Waals surface area contributed by atoms with Crippen molar-refractivity contribution in [2.24, 2.45) is 5.92 Å². The van der Waals surface area contributed by atoms with Crippen LogP contribution in [0, 0.1) is 5.92 Å². The number of nitrogens with one attached hydrogen (secondary N) is 1. The van der Waals surface area contributed by atoms with Crippen molar-refractivity contribution in [2.45, 2.75) is 44.7 Å². The maximum atomic E-state index is 12.0. The van der Waals surface area contributed by atoms with Crippen LogP contribution in [0.3, 0.4) is 0 Å². The van der Waals surface area contributed by atoms with Crippen LogP contribution < -0.4 is 5.32 Å². The number of esters is 1. The van der Waals surface area contributed by atoms with Crippen molar-refractivity contribution in [3.63, 3.8) is 0 Å². The number of rotatable bonds is 5. The van der Waals surface area contributed by atoms with Crippen LogP contribution in [-0.4, -0.2) is 24.1 Å². The molecule has 2 aromatic heterocycles. The van der Waals surface area contributed by atoms with Crippen LogP contribution >= 0.6 is 11.3 Å². The van der Waals surface area contributed by atoms with Gasteiger partial charge in [0.2, 0.25) is 0 Å². The van der Waals surface area contributed by atoms with Gasteiger partial charge in [-0.25, -0.2) is 4.98 Å². The topological polar surface area (TPSA) is 64.4 Å². The fourth-order valence-corrected chi connectivity index (χ4v) is 3.91. The molecule has 23 heavy (non-hydrogen) atoms. The quantitative estimate of drug-likeness (QED) is 0.668. The van der Waals surface area contributed by atoms with E-state index in [9.17, 15) is 4.79 Å². The number of aromatic nitrogens is 1. The molecule has 2 aromatic rings. The van der Waals surface area contributed by atoms with Gasteiger partial charge in [0.15, 0.2) is 10.8 Å². The van der Waals surface area contributed by atoms with Crippen LogP contribution in [-0.2, 0) is 16.1 Å². The van der Waals surface area contributed by atoms with Gasteiger partial charge in [0.25, 0.3) is 0 Å². The van der Waals surface area contributed by atoms with Gasteiger partial charge < -0.3 is 14.5 Å². The van der Waals surface area contributed by atoms with Crippen molar-refractivity contribution in [2.75, 3.05) is 7.11 Å². The highest BCUT2D eigenvalue weighted by molar-refractivity contribution is 7.13. The zero-order chi connectivity index (χ0) is 16.1.